The van der Waals surface area contributed by atoms with Crippen LogP contribution >= 0.6 is 0 Å². The Morgan fingerprint density at radius 3 is 2.71 bits per heavy atom. The minimum absolute atomic E-state index is 0.406. The molecule has 1 aromatic heterocycles. The zero-order valence-corrected chi connectivity index (χ0v) is 11.6. The van der Waals surface area contributed by atoms with Crippen LogP contribution in [0, 0.1) is 0 Å². The lowest BCUT2D eigenvalue weighted by molar-refractivity contribution is 0.453. The Hall–Kier alpha value is -0.900. The molecule has 0 amide bonds. The Bertz CT molecular complexity index is 306. The van der Waals surface area contributed by atoms with E-state index in [1.54, 1.807) is 6.33 Å². The molecule has 4 nitrogen and oxygen atoms in total. The van der Waals surface area contributed by atoms with Gasteiger partial charge >= 0.3 is 0 Å². The van der Waals surface area contributed by atoms with Crippen molar-refractivity contribution >= 4 is 0 Å². The van der Waals surface area contributed by atoms with Crippen LogP contribution in [0.2, 0.25) is 0 Å². The van der Waals surface area contributed by atoms with Crippen LogP contribution in [0.25, 0.3) is 0 Å². The van der Waals surface area contributed by atoms with Gasteiger partial charge in [-0.05, 0) is 40.2 Å². The second kappa shape index (κ2) is 7.43. The van der Waals surface area contributed by atoms with Crippen molar-refractivity contribution in [1.82, 2.24) is 20.1 Å². The standard InChI is InChI=1S/C13H26N4/c1-5-7-12(14-4)8-6-9-13-15-10-16-17(13)11(2)3/h10-12,14H,5-9H2,1-4H3. The number of rotatable bonds is 8. The Morgan fingerprint density at radius 2 is 2.12 bits per heavy atom. The van der Waals surface area contributed by atoms with Crippen LogP contribution in [0.1, 0.15) is 58.3 Å². The summed E-state index contributed by atoms with van der Waals surface area (Å²) < 4.78 is 2.02. The highest BCUT2D eigenvalue weighted by Gasteiger charge is 2.09. The third kappa shape index (κ3) is 4.46. The van der Waals surface area contributed by atoms with E-state index in [2.05, 4.69) is 43.2 Å². The van der Waals surface area contributed by atoms with E-state index in [1.807, 2.05) is 4.68 Å². The lowest BCUT2D eigenvalue weighted by atomic mass is 10.1. The first kappa shape index (κ1) is 14.2. The molecule has 0 bridgehead atoms. The van der Waals surface area contributed by atoms with Gasteiger partial charge in [0.15, 0.2) is 0 Å². The number of nitrogens with one attached hydrogen (secondary N) is 1. The summed E-state index contributed by atoms with van der Waals surface area (Å²) in [6.07, 6.45) is 7.59. The number of hydrogen-bond donors (Lipinski definition) is 1. The fourth-order valence-electron chi connectivity index (χ4n) is 2.17. The zero-order chi connectivity index (χ0) is 12.7. The van der Waals surface area contributed by atoms with Gasteiger partial charge in [-0.15, -0.1) is 0 Å². The van der Waals surface area contributed by atoms with Crippen molar-refractivity contribution in [3.8, 4) is 0 Å². The Kier molecular flexibility index (Phi) is 6.19. The van der Waals surface area contributed by atoms with Crippen molar-refractivity contribution in [3.63, 3.8) is 0 Å². The predicted octanol–water partition coefficient (Wildman–Crippen LogP) is 2.57. The smallest absolute Gasteiger partial charge is 0.138 e. The Balaban J connectivity index is 2.37. The first-order chi connectivity index (χ1) is 8.19. The molecule has 4 heteroatoms. The molecular formula is C13H26N4. The van der Waals surface area contributed by atoms with Gasteiger partial charge in [0, 0.05) is 18.5 Å². The molecule has 0 saturated carbocycles. The van der Waals surface area contributed by atoms with E-state index in [4.69, 9.17) is 0 Å². The monoisotopic (exact) mass is 238 g/mol. The highest BCUT2D eigenvalue weighted by atomic mass is 15.3. The van der Waals surface area contributed by atoms with Gasteiger partial charge in [0.1, 0.15) is 12.2 Å². The van der Waals surface area contributed by atoms with Gasteiger partial charge in [0.25, 0.3) is 0 Å². The fourth-order valence-corrected chi connectivity index (χ4v) is 2.17. The summed E-state index contributed by atoms with van der Waals surface area (Å²) >= 11 is 0. The molecule has 98 valence electrons. The number of nitrogens with zero attached hydrogens (tertiary/aromatic N) is 3. The van der Waals surface area contributed by atoms with E-state index in [0.717, 1.165) is 12.2 Å². The zero-order valence-electron chi connectivity index (χ0n) is 11.6. The van der Waals surface area contributed by atoms with Crippen LogP contribution in [0.3, 0.4) is 0 Å². The summed E-state index contributed by atoms with van der Waals surface area (Å²) in [6.45, 7) is 6.52. The van der Waals surface area contributed by atoms with Gasteiger partial charge in [-0.3, -0.25) is 0 Å². The fraction of sp³-hybridized carbons (Fsp3) is 0.846. The molecule has 0 aromatic carbocycles. The summed E-state index contributed by atoms with van der Waals surface area (Å²) in [7, 11) is 2.05. The third-order valence-corrected chi connectivity index (χ3v) is 3.13. The minimum Gasteiger partial charge on any atom is -0.317 e. The predicted molar refractivity (Wildman–Crippen MR) is 71.1 cm³/mol. The molecule has 17 heavy (non-hydrogen) atoms. The van der Waals surface area contributed by atoms with Crippen LogP contribution in [0.4, 0.5) is 0 Å². The highest BCUT2D eigenvalue weighted by Crippen LogP contribution is 2.11. The molecule has 0 fully saturated rings. The molecule has 1 aromatic rings. The second-order valence-corrected chi connectivity index (χ2v) is 4.88. The molecule has 0 aliphatic rings. The molecule has 0 aliphatic carbocycles. The van der Waals surface area contributed by atoms with E-state index >= 15 is 0 Å². The topological polar surface area (TPSA) is 42.7 Å². The van der Waals surface area contributed by atoms with Gasteiger partial charge in [-0.2, -0.15) is 5.10 Å². The van der Waals surface area contributed by atoms with Crippen LogP contribution in [0.15, 0.2) is 6.33 Å². The van der Waals surface area contributed by atoms with Crippen molar-refractivity contribution < 1.29 is 0 Å². The quantitative estimate of drug-likeness (QED) is 0.757. The normalized spacial score (nSPS) is 13.2. The lowest BCUT2D eigenvalue weighted by Crippen LogP contribution is -2.25. The van der Waals surface area contributed by atoms with Crippen molar-refractivity contribution in [2.24, 2.45) is 0 Å². The maximum Gasteiger partial charge on any atom is 0.138 e. The summed E-state index contributed by atoms with van der Waals surface area (Å²) in [4.78, 5) is 4.34. The highest BCUT2D eigenvalue weighted by molar-refractivity contribution is 4.86. The summed E-state index contributed by atoms with van der Waals surface area (Å²) in [5, 5.41) is 7.64. The molecule has 1 atom stereocenters. The molecule has 1 rings (SSSR count). The van der Waals surface area contributed by atoms with Gasteiger partial charge in [-0.1, -0.05) is 13.3 Å². The Morgan fingerprint density at radius 1 is 1.35 bits per heavy atom. The second-order valence-electron chi connectivity index (χ2n) is 4.88. The largest absolute Gasteiger partial charge is 0.317 e. The Labute approximate surface area is 105 Å². The average Bonchev–Trinajstić information content (AvgIpc) is 2.76. The molecular weight excluding hydrogens is 212 g/mol. The van der Waals surface area contributed by atoms with Crippen LogP contribution in [-0.2, 0) is 6.42 Å². The van der Waals surface area contributed by atoms with Crippen molar-refractivity contribution in [2.45, 2.75) is 65.0 Å². The SMILES string of the molecule is CCCC(CCCc1ncnn1C(C)C)NC. The number of aryl methyl sites for hydroxylation is 1. The summed E-state index contributed by atoms with van der Waals surface area (Å²) in [5.41, 5.74) is 0. The van der Waals surface area contributed by atoms with Gasteiger partial charge in [0.2, 0.25) is 0 Å². The van der Waals surface area contributed by atoms with Gasteiger partial charge in [-0.25, -0.2) is 9.67 Å². The number of hydrogen-bond acceptors (Lipinski definition) is 3. The van der Waals surface area contributed by atoms with Crippen LogP contribution < -0.4 is 5.32 Å². The molecule has 0 saturated heterocycles. The summed E-state index contributed by atoms with van der Waals surface area (Å²) in [5.74, 6) is 1.12. The first-order valence-electron chi connectivity index (χ1n) is 6.74. The maximum absolute atomic E-state index is 4.34. The van der Waals surface area contributed by atoms with Crippen LogP contribution in [0.5, 0.6) is 0 Å². The maximum atomic E-state index is 4.34. The molecule has 0 spiro atoms. The molecule has 0 aliphatic heterocycles. The van der Waals surface area contributed by atoms with E-state index in [9.17, 15) is 0 Å². The average molecular weight is 238 g/mol. The van der Waals surface area contributed by atoms with E-state index in [-0.39, 0.29) is 0 Å². The third-order valence-electron chi connectivity index (χ3n) is 3.13. The minimum atomic E-state index is 0.406. The van der Waals surface area contributed by atoms with E-state index in [0.29, 0.717) is 12.1 Å². The van der Waals surface area contributed by atoms with Crippen LogP contribution in [-0.4, -0.2) is 27.9 Å². The first-order valence-corrected chi connectivity index (χ1v) is 6.74. The van der Waals surface area contributed by atoms with Crippen molar-refractivity contribution in [3.05, 3.63) is 12.2 Å². The van der Waals surface area contributed by atoms with Crippen molar-refractivity contribution in [1.29, 1.82) is 0 Å². The van der Waals surface area contributed by atoms with Gasteiger partial charge < -0.3 is 5.32 Å². The number of aromatic nitrogens is 3. The molecule has 1 unspecified atom stereocenters. The van der Waals surface area contributed by atoms with E-state index < -0.39 is 0 Å². The van der Waals surface area contributed by atoms with Gasteiger partial charge in [0.05, 0.1) is 0 Å². The lowest BCUT2D eigenvalue weighted by Gasteiger charge is -2.15. The summed E-state index contributed by atoms with van der Waals surface area (Å²) in [6, 6.07) is 1.05. The molecule has 1 heterocycles. The van der Waals surface area contributed by atoms with E-state index in [1.165, 1.54) is 25.7 Å². The van der Waals surface area contributed by atoms with Crippen molar-refractivity contribution in [2.75, 3.05) is 7.05 Å². The molecule has 1 N–H and O–H groups in total. The molecule has 0 radical (unpaired) electrons.